The molecule has 5 nitrogen and oxygen atoms in total. The zero-order chi connectivity index (χ0) is 17.8. The molecule has 0 fully saturated rings. The van der Waals surface area contributed by atoms with Crippen molar-refractivity contribution in [3.63, 3.8) is 0 Å². The van der Waals surface area contributed by atoms with Crippen molar-refractivity contribution in [2.45, 2.75) is 26.4 Å². The van der Waals surface area contributed by atoms with Crippen LogP contribution < -0.4 is 5.32 Å². The fourth-order valence-corrected chi connectivity index (χ4v) is 2.92. The topological polar surface area (TPSA) is 62.7 Å². The molecule has 1 atom stereocenters. The van der Waals surface area contributed by atoms with Crippen molar-refractivity contribution in [2.75, 3.05) is 0 Å². The Labute approximate surface area is 151 Å². The number of aryl methyl sites for hydroxylation is 1. The molecule has 0 bridgehead atoms. The largest absolute Gasteiger partial charge is 0.348 e. The molecule has 0 saturated carbocycles. The molecule has 3 aromatic rings. The van der Waals surface area contributed by atoms with E-state index in [-0.39, 0.29) is 18.5 Å². The van der Waals surface area contributed by atoms with Gasteiger partial charge in [-0.2, -0.15) is 5.10 Å². The summed E-state index contributed by atoms with van der Waals surface area (Å²) in [4.78, 5) is 12.5. The average Bonchev–Trinajstić information content (AvgIpc) is 2.96. The van der Waals surface area contributed by atoms with Crippen molar-refractivity contribution in [3.8, 4) is 11.4 Å². The van der Waals surface area contributed by atoms with Crippen LogP contribution in [0.1, 0.15) is 24.1 Å². The molecule has 1 aromatic heterocycles. The normalized spacial score (nSPS) is 11.9. The summed E-state index contributed by atoms with van der Waals surface area (Å²) in [6.07, 6.45) is 0. The zero-order valence-electron chi connectivity index (χ0n) is 14.2. The maximum absolute atomic E-state index is 12.5. The number of hydrogen-bond donors (Lipinski definition) is 2. The number of nitrogens with one attached hydrogen (secondary N) is 2. The molecule has 0 radical (unpaired) electrons. The second kappa shape index (κ2) is 7.44. The van der Waals surface area contributed by atoms with Gasteiger partial charge in [0.25, 0.3) is 0 Å². The van der Waals surface area contributed by atoms with E-state index >= 15 is 0 Å². The van der Waals surface area contributed by atoms with Crippen LogP contribution in [0.5, 0.6) is 0 Å². The van der Waals surface area contributed by atoms with Crippen molar-refractivity contribution < 1.29 is 4.79 Å². The van der Waals surface area contributed by atoms with Crippen molar-refractivity contribution in [1.29, 1.82) is 0 Å². The van der Waals surface area contributed by atoms with Crippen LogP contribution in [0.3, 0.4) is 0 Å². The van der Waals surface area contributed by atoms with E-state index < -0.39 is 0 Å². The van der Waals surface area contributed by atoms with Crippen molar-refractivity contribution in [3.05, 3.63) is 70.5 Å². The molecule has 128 valence electrons. The molecule has 0 spiro atoms. The van der Waals surface area contributed by atoms with Gasteiger partial charge in [0, 0.05) is 5.56 Å². The predicted octanol–water partition coefficient (Wildman–Crippen LogP) is 3.79. The van der Waals surface area contributed by atoms with Gasteiger partial charge in [-0.1, -0.05) is 54.1 Å². The lowest BCUT2D eigenvalue weighted by Crippen LogP contribution is -2.30. The van der Waals surface area contributed by atoms with Crippen LogP contribution in [-0.4, -0.2) is 20.7 Å². The molecule has 2 N–H and O–H groups in total. The lowest BCUT2D eigenvalue weighted by Gasteiger charge is -2.15. The third kappa shape index (κ3) is 4.03. The van der Waals surface area contributed by atoms with Gasteiger partial charge in [0.1, 0.15) is 6.54 Å². The minimum Gasteiger partial charge on any atom is -0.348 e. The molecular formula is C19H20N4OS. The number of benzene rings is 2. The average molecular weight is 352 g/mol. The molecule has 0 aliphatic rings. The smallest absolute Gasteiger partial charge is 0.240 e. The maximum Gasteiger partial charge on any atom is 0.240 e. The van der Waals surface area contributed by atoms with Crippen LogP contribution in [0.4, 0.5) is 0 Å². The van der Waals surface area contributed by atoms with Gasteiger partial charge in [-0.05, 0) is 37.7 Å². The number of carbonyl (C=O) groups is 1. The summed E-state index contributed by atoms with van der Waals surface area (Å²) in [5, 5.41) is 10.1. The second-order valence-electron chi connectivity index (χ2n) is 6.01. The highest BCUT2D eigenvalue weighted by molar-refractivity contribution is 7.71. The molecule has 0 unspecified atom stereocenters. The number of carbonyl (C=O) groups excluding carboxylic acids is 1. The summed E-state index contributed by atoms with van der Waals surface area (Å²) in [7, 11) is 0. The lowest BCUT2D eigenvalue weighted by molar-refractivity contribution is -0.122. The van der Waals surface area contributed by atoms with Gasteiger partial charge in [0.2, 0.25) is 5.91 Å². The lowest BCUT2D eigenvalue weighted by atomic mass is 10.1. The Morgan fingerprint density at radius 2 is 2.00 bits per heavy atom. The highest BCUT2D eigenvalue weighted by Gasteiger charge is 2.14. The maximum atomic E-state index is 12.5. The summed E-state index contributed by atoms with van der Waals surface area (Å²) in [6.45, 7) is 4.10. The SMILES string of the molecule is Cc1cccc(-c2n[nH]c(=S)n2CC(=O)N[C@H](C)c2ccccc2)c1. The van der Waals surface area contributed by atoms with E-state index in [0.717, 1.165) is 16.7 Å². The Balaban J connectivity index is 1.78. The molecule has 1 amide bonds. The Bertz CT molecular complexity index is 930. The Hall–Kier alpha value is -2.73. The monoisotopic (exact) mass is 352 g/mol. The van der Waals surface area contributed by atoms with Crippen LogP contribution in [0, 0.1) is 11.7 Å². The van der Waals surface area contributed by atoms with E-state index in [0.29, 0.717) is 10.6 Å². The number of amides is 1. The van der Waals surface area contributed by atoms with Crippen LogP contribution in [0.2, 0.25) is 0 Å². The first-order valence-electron chi connectivity index (χ1n) is 8.11. The van der Waals surface area contributed by atoms with E-state index in [1.54, 1.807) is 4.57 Å². The standard InChI is InChI=1S/C19H20N4OS/c1-13-7-6-10-16(11-13)18-21-22-19(25)23(18)12-17(24)20-14(2)15-8-4-3-5-9-15/h3-11,14H,12H2,1-2H3,(H,20,24)(H,22,25)/t14-/m1/s1. The fraction of sp³-hybridized carbons (Fsp3) is 0.211. The zero-order valence-corrected chi connectivity index (χ0v) is 15.0. The first-order valence-corrected chi connectivity index (χ1v) is 8.52. The first-order chi connectivity index (χ1) is 12.0. The van der Waals surface area contributed by atoms with E-state index in [1.807, 2.05) is 68.4 Å². The number of aromatic amines is 1. The van der Waals surface area contributed by atoms with Gasteiger partial charge in [-0.3, -0.25) is 14.5 Å². The van der Waals surface area contributed by atoms with E-state index in [2.05, 4.69) is 15.5 Å². The summed E-state index contributed by atoms with van der Waals surface area (Å²) in [6, 6.07) is 17.7. The van der Waals surface area contributed by atoms with Crippen LogP contribution in [0.25, 0.3) is 11.4 Å². The summed E-state index contributed by atoms with van der Waals surface area (Å²) in [5.74, 6) is 0.555. The molecule has 25 heavy (non-hydrogen) atoms. The van der Waals surface area contributed by atoms with Crippen molar-refractivity contribution in [1.82, 2.24) is 20.1 Å². The van der Waals surface area contributed by atoms with Gasteiger partial charge in [0.15, 0.2) is 10.6 Å². The van der Waals surface area contributed by atoms with Gasteiger partial charge >= 0.3 is 0 Å². The van der Waals surface area contributed by atoms with Crippen LogP contribution in [-0.2, 0) is 11.3 Å². The minimum atomic E-state index is -0.109. The summed E-state index contributed by atoms with van der Waals surface area (Å²) < 4.78 is 2.15. The Kier molecular flexibility index (Phi) is 5.09. The number of rotatable bonds is 5. The third-order valence-electron chi connectivity index (χ3n) is 4.01. The van der Waals surface area contributed by atoms with Gasteiger partial charge in [0.05, 0.1) is 6.04 Å². The molecule has 0 saturated heterocycles. The van der Waals surface area contributed by atoms with E-state index in [1.165, 1.54) is 0 Å². The van der Waals surface area contributed by atoms with Gasteiger partial charge in [-0.25, -0.2) is 0 Å². The predicted molar refractivity (Wildman–Crippen MR) is 101 cm³/mol. The number of hydrogen-bond acceptors (Lipinski definition) is 3. The van der Waals surface area contributed by atoms with Crippen LogP contribution >= 0.6 is 12.2 Å². The minimum absolute atomic E-state index is 0.0720. The highest BCUT2D eigenvalue weighted by atomic mass is 32.1. The highest BCUT2D eigenvalue weighted by Crippen LogP contribution is 2.18. The number of aromatic nitrogens is 3. The molecular weight excluding hydrogens is 332 g/mol. The van der Waals surface area contributed by atoms with E-state index in [9.17, 15) is 4.79 Å². The van der Waals surface area contributed by atoms with Gasteiger partial charge < -0.3 is 5.32 Å². The fourth-order valence-electron chi connectivity index (χ4n) is 2.72. The van der Waals surface area contributed by atoms with Crippen LogP contribution in [0.15, 0.2) is 54.6 Å². The molecule has 0 aliphatic heterocycles. The quantitative estimate of drug-likeness (QED) is 0.687. The number of H-pyrrole nitrogens is 1. The summed E-state index contributed by atoms with van der Waals surface area (Å²) in [5.41, 5.74) is 3.11. The van der Waals surface area contributed by atoms with Crippen molar-refractivity contribution in [2.24, 2.45) is 0 Å². The van der Waals surface area contributed by atoms with Gasteiger partial charge in [-0.15, -0.1) is 0 Å². The van der Waals surface area contributed by atoms with E-state index in [4.69, 9.17) is 12.2 Å². The second-order valence-corrected chi connectivity index (χ2v) is 6.39. The van der Waals surface area contributed by atoms with Crippen molar-refractivity contribution >= 4 is 18.1 Å². The molecule has 0 aliphatic carbocycles. The molecule has 6 heteroatoms. The number of nitrogens with zero attached hydrogens (tertiary/aromatic N) is 2. The Morgan fingerprint density at radius 1 is 1.24 bits per heavy atom. The Morgan fingerprint density at radius 3 is 2.72 bits per heavy atom. The molecule has 2 aromatic carbocycles. The summed E-state index contributed by atoms with van der Waals surface area (Å²) >= 11 is 5.30. The molecule has 3 rings (SSSR count). The first kappa shape index (κ1) is 17.1. The molecule has 1 heterocycles. The third-order valence-corrected chi connectivity index (χ3v) is 4.33.